The summed E-state index contributed by atoms with van der Waals surface area (Å²) in [6.07, 6.45) is 6.12. The van der Waals surface area contributed by atoms with Crippen LogP contribution in [-0.4, -0.2) is 35.8 Å². The molecule has 0 fully saturated rings. The number of benzene rings is 2. The molecular weight excluding hydrogens is 484 g/mol. The highest BCUT2D eigenvalue weighted by Crippen LogP contribution is 2.33. The maximum Gasteiger partial charge on any atom is 0.411 e. The van der Waals surface area contributed by atoms with Gasteiger partial charge < -0.3 is 21.1 Å². The third kappa shape index (κ3) is 6.41. The van der Waals surface area contributed by atoms with Gasteiger partial charge in [0.05, 0.1) is 24.5 Å². The molecule has 1 aliphatic heterocycles. The number of nitrogens with one attached hydrogen (secondary N) is 4. The molecule has 2 bridgehead atoms. The summed E-state index contributed by atoms with van der Waals surface area (Å²) in [5.74, 6) is -0.524. The van der Waals surface area contributed by atoms with Crippen molar-refractivity contribution in [3.8, 4) is 11.1 Å². The Kier molecular flexibility index (Phi) is 8.12. The number of rotatable bonds is 4. The summed E-state index contributed by atoms with van der Waals surface area (Å²) < 4.78 is 4.67. The molecule has 1 aliphatic rings. The summed E-state index contributed by atoms with van der Waals surface area (Å²) in [6.45, 7) is 0. The smallest absolute Gasteiger partial charge is 0.411 e. The maximum absolute atomic E-state index is 13.1. The van der Waals surface area contributed by atoms with Crippen LogP contribution < -0.4 is 21.7 Å². The summed E-state index contributed by atoms with van der Waals surface area (Å²) >= 11 is 0. The molecule has 1 aromatic heterocycles. The average Bonchev–Trinajstić information content (AvgIpc) is 2.92. The molecule has 1 unspecified atom stereocenters. The molecule has 4 rings (SSSR count). The fourth-order valence-electron chi connectivity index (χ4n) is 4.03. The molecule has 0 spiro atoms. The van der Waals surface area contributed by atoms with Crippen LogP contribution in [0.5, 0.6) is 0 Å². The lowest BCUT2D eigenvalue weighted by molar-refractivity contribution is -0.116. The van der Waals surface area contributed by atoms with Crippen LogP contribution in [0.1, 0.15) is 46.9 Å². The van der Waals surface area contributed by atoms with Crippen LogP contribution in [0.4, 0.5) is 16.2 Å². The molecule has 0 saturated heterocycles. The van der Waals surface area contributed by atoms with Crippen LogP contribution in [0.25, 0.3) is 11.1 Å². The van der Waals surface area contributed by atoms with E-state index in [-0.39, 0.29) is 24.1 Å². The van der Waals surface area contributed by atoms with Gasteiger partial charge in [0.2, 0.25) is 5.91 Å². The molecular formula is C28H28N6O4. The number of amides is 3. The Labute approximate surface area is 219 Å². The van der Waals surface area contributed by atoms with Crippen molar-refractivity contribution < 1.29 is 19.1 Å². The van der Waals surface area contributed by atoms with Gasteiger partial charge in [-0.15, -0.1) is 0 Å². The number of hydrogen-bond donors (Lipinski definition) is 5. The van der Waals surface area contributed by atoms with Gasteiger partial charge in [-0.3, -0.25) is 25.3 Å². The highest BCUT2D eigenvalue weighted by molar-refractivity contribution is 5.99. The molecule has 3 amide bonds. The van der Waals surface area contributed by atoms with Crippen LogP contribution in [0.2, 0.25) is 0 Å². The summed E-state index contributed by atoms with van der Waals surface area (Å²) in [4.78, 5) is 41.9. The van der Waals surface area contributed by atoms with Gasteiger partial charge in [0.1, 0.15) is 5.84 Å². The zero-order valence-electron chi connectivity index (χ0n) is 20.8. The SMILES string of the molecule is COC(=O)Nc1ccc2c(c1)NC(=O)CCC=CCC(NC(=O)c1ccc(C(=N)N)cc1)c1cc-2ccn1. The molecule has 0 radical (unpaired) electrons. The van der Waals surface area contributed by atoms with Gasteiger partial charge in [0, 0.05) is 35.0 Å². The van der Waals surface area contributed by atoms with Crippen LogP contribution in [0.15, 0.2) is 72.9 Å². The monoisotopic (exact) mass is 512 g/mol. The number of ether oxygens (including phenoxy) is 1. The van der Waals surface area contributed by atoms with Crippen molar-refractivity contribution >= 4 is 35.1 Å². The number of methoxy groups -OCH3 is 1. The lowest BCUT2D eigenvalue weighted by Gasteiger charge is -2.19. The fraction of sp³-hybridized carbons (Fsp3) is 0.179. The van der Waals surface area contributed by atoms with Crippen molar-refractivity contribution in [2.75, 3.05) is 17.7 Å². The lowest BCUT2D eigenvalue weighted by atomic mass is 10.00. The van der Waals surface area contributed by atoms with Crippen LogP contribution >= 0.6 is 0 Å². The Balaban J connectivity index is 1.68. The van der Waals surface area contributed by atoms with E-state index in [1.165, 1.54) is 7.11 Å². The minimum absolute atomic E-state index is 0.0696. The predicted octanol–water partition coefficient (Wildman–Crippen LogP) is 4.36. The van der Waals surface area contributed by atoms with E-state index in [0.717, 1.165) is 11.1 Å². The zero-order valence-corrected chi connectivity index (χ0v) is 20.8. The van der Waals surface area contributed by atoms with Gasteiger partial charge in [-0.1, -0.05) is 30.4 Å². The minimum Gasteiger partial charge on any atom is -0.453 e. The second kappa shape index (κ2) is 11.8. The van der Waals surface area contributed by atoms with Gasteiger partial charge in [-0.05, 0) is 54.8 Å². The number of nitrogens with two attached hydrogens (primary N) is 1. The summed E-state index contributed by atoms with van der Waals surface area (Å²) in [5.41, 5.74) is 9.63. The van der Waals surface area contributed by atoms with Gasteiger partial charge in [-0.2, -0.15) is 0 Å². The molecule has 2 aromatic carbocycles. The fourth-order valence-corrected chi connectivity index (χ4v) is 4.03. The maximum atomic E-state index is 13.1. The van der Waals surface area contributed by atoms with E-state index in [4.69, 9.17) is 11.1 Å². The number of pyridine rings is 1. The number of amidine groups is 1. The number of aromatic nitrogens is 1. The van der Waals surface area contributed by atoms with Crippen LogP contribution in [0.3, 0.4) is 0 Å². The number of carbonyl (C=O) groups is 3. The first-order valence-electron chi connectivity index (χ1n) is 12.0. The summed E-state index contributed by atoms with van der Waals surface area (Å²) in [7, 11) is 1.27. The second-order valence-electron chi connectivity index (χ2n) is 8.66. The van der Waals surface area contributed by atoms with Crippen molar-refractivity contribution in [3.05, 3.63) is 89.8 Å². The van der Waals surface area contributed by atoms with Crippen molar-refractivity contribution in [1.82, 2.24) is 10.3 Å². The molecule has 0 aliphatic carbocycles. The molecule has 0 saturated carbocycles. The number of nitrogen functional groups attached to an aromatic ring is 1. The second-order valence-corrected chi connectivity index (χ2v) is 8.66. The number of hydrogen-bond acceptors (Lipinski definition) is 6. The van der Waals surface area contributed by atoms with E-state index in [1.807, 2.05) is 24.3 Å². The predicted molar refractivity (Wildman–Crippen MR) is 145 cm³/mol. The Morgan fingerprint density at radius 3 is 2.58 bits per heavy atom. The standard InChI is InChI=1S/C28H28N6O4/c1-38-28(37)32-20-11-12-21-19-13-14-31-24(15-19)22(5-3-2-4-6-25(35)33-23(21)16-20)34-27(36)18-9-7-17(8-10-18)26(29)30/h2-3,7-16,22H,4-6H2,1H3,(H3,29,30)(H,32,37)(H,33,35)(H,34,36). The molecule has 3 aromatic rings. The van der Waals surface area contributed by atoms with Crippen molar-refractivity contribution in [2.24, 2.45) is 5.73 Å². The molecule has 10 heteroatoms. The first-order chi connectivity index (χ1) is 18.3. The highest BCUT2D eigenvalue weighted by atomic mass is 16.5. The zero-order chi connectivity index (χ0) is 27.1. The molecule has 10 nitrogen and oxygen atoms in total. The van der Waals surface area contributed by atoms with Gasteiger partial charge in [-0.25, -0.2) is 4.79 Å². The Morgan fingerprint density at radius 2 is 1.84 bits per heavy atom. The normalized spacial score (nSPS) is 15.0. The largest absolute Gasteiger partial charge is 0.453 e. The molecule has 194 valence electrons. The quantitative estimate of drug-likeness (QED) is 0.198. The number of fused-ring (bicyclic) bond motifs is 4. The van der Waals surface area contributed by atoms with Crippen LogP contribution in [0, 0.1) is 5.41 Å². The highest BCUT2D eigenvalue weighted by Gasteiger charge is 2.19. The molecule has 38 heavy (non-hydrogen) atoms. The van der Waals surface area contributed by atoms with Crippen molar-refractivity contribution in [2.45, 2.75) is 25.3 Å². The third-order valence-corrected chi connectivity index (χ3v) is 6.01. The number of anilines is 2. The minimum atomic E-state index is -0.619. The van der Waals surface area contributed by atoms with E-state index < -0.39 is 12.1 Å². The average molecular weight is 513 g/mol. The van der Waals surface area contributed by atoms with E-state index in [2.05, 4.69) is 25.7 Å². The van der Waals surface area contributed by atoms with Gasteiger partial charge >= 0.3 is 6.09 Å². The third-order valence-electron chi connectivity index (χ3n) is 6.01. The lowest BCUT2D eigenvalue weighted by Crippen LogP contribution is -2.29. The first kappa shape index (κ1) is 26.1. The first-order valence-corrected chi connectivity index (χ1v) is 12.0. The van der Waals surface area contributed by atoms with E-state index in [1.54, 1.807) is 48.7 Å². The molecule has 6 N–H and O–H groups in total. The van der Waals surface area contributed by atoms with Crippen LogP contribution in [-0.2, 0) is 9.53 Å². The number of nitrogens with zero attached hydrogens (tertiary/aromatic N) is 1. The summed E-state index contributed by atoms with van der Waals surface area (Å²) in [5, 5.41) is 16.1. The Bertz CT molecular complexity index is 1400. The van der Waals surface area contributed by atoms with E-state index in [0.29, 0.717) is 41.0 Å². The van der Waals surface area contributed by atoms with Crippen molar-refractivity contribution in [1.29, 1.82) is 5.41 Å². The Morgan fingerprint density at radius 1 is 1.08 bits per heavy atom. The summed E-state index contributed by atoms with van der Waals surface area (Å²) in [6, 6.07) is 14.9. The van der Waals surface area contributed by atoms with E-state index >= 15 is 0 Å². The van der Waals surface area contributed by atoms with E-state index in [9.17, 15) is 14.4 Å². The Hall–Kier alpha value is -4.99. The van der Waals surface area contributed by atoms with Crippen molar-refractivity contribution in [3.63, 3.8) is 0 Å². The molecule has 1 atom stereocenters. The van der Waals surface area contributed by atoms with Gasteiger partial charge in [0.25, 0.3) is 5.91 Å². The number of allylic oxidation sites excluding steroid dienone is 1. The molecule has 2 heterocycles. The van der Waals surface area contributed by atoms with Gasteiger partial charge in [0.15, 0.2) is 0 Å². The topological polar surface area (TPSA) is 159 Å². The number of carbonyl (C=O) groups excluding carboxylic acids is 3.